The summed E-state index contributed by atoms with van der Waals surface area (Å²) in [5, 5.41) is 14.9. The van der Waals surface area contributed by atoms with Gasteiger partial charge in [0.25, 0.3) is 0 Å². The number of nitrogens with zero attached hydrogens (tertiary/aromatic N) is 2. The maximum Gasteiger partial charge on any atom is 0.360 e. The van der Waals surface area contributed by atoms with Crippen molar-refractivity contribution in [2.24, 2.45) is 5.16 Å². The molecule has 0 spiro atoms. The van der Waals surface area contributed by atoms with Gasteiger partial charge >= 0.3 is 23.9 Å². The van der Waals surface area contributed by atoms with Crippen LogP contribution in [0.15, 0.2) is 34.0 Å². The van der Waals surface area contributed by atoms with Gasteiger partial charge in [-0.25, -0.2) is 4.79 Å². The van der Waals surface area contributed by atoms with Crippen molar-refractivity contribution in [1.82, 2.24) is 4.98 Å². The Morgan fingerprint density at radius 3 is 2.39 bits per heavy atom. The van der Waals surface area contributed by atoms with Crippen molar-refractivity contribution in [3.63, 3.8) is 0 Å². The number of nitrogens with one attached hydrogen (secondary N) is 1. The van der Waals surface area contributed by atoms with Crippen LogP contribution in [0.2, 0.25) is 0 Å². The summed E-state index contributed by atoms with van der Waals surface area (Å²) in [6.07, 6.45) is 0.904. The predicted molar refractivity (Wildman–Crippen MR) is 109 cm³/mol. The zero-order chi connectivity index (χ0) is 24.5. The minimum atomic E-state index is -1.55. The average molecular weight is 482 g/mol. The topological polar surface area (TPSA) is 184 Å². The maximum atomic E-state index is 12.4. The minimum absolute atomic E-state index is 0.00161. The number of rotatable bonds is 10. The summed E-state index contributed by atoms with van der Waals surface area (Å²) in [4.78, 5) is 66.0. The molecule has 0 radical (unpaired) electrons. The van der Waals surface area contributed by atoms with E-state index in [1.807, 2.05) is 0 Å². The van der Waals surface area contributed by atoms with Crippen LogP contribution in [0.25, 0.3) is 0 Å². The predicted octanol–water partition coefficient (Wildman–Crippen LogP) is 1.39. The van der Waals surface area contributed by atoms with Crippen LogP contribution in [-0.4, -0.2) is 57.9 Å². The molecule has 0 aliphatic carbocycles. The standard InChI is InChI=1S/C19H16ClN3O10/c1-9(24)32-14-4-3-11(5-15(14)33-10(2)25)13(26)8-31-23-17(18(28)29)12-7-30-19(21-12)22-16(27)6-20/h3-5,7H,6,8H2,1-2H3,(H,28,29)(H,21,22,27). The summed E-state index contributed by atoms with van der Waals surface area (Å²) in [7, 11) is 0. The molecule has 14 heteroatoms. The van der Waals surface area contributed by atoms with Gasteiger partial charge in [0, 0.05) is 19.4 Å². The molecule has 2 aromatic rings. The van der Waals surface area contributed by atoms with Crippen LogP contribution in [0.3, 0.4) is 0 Å². The Kier molecular flexibility index (Phi) is 8.63. The summed E-state index contributed by atoms with van der Waals surface area (Å²) in [6.45, 7) is 1.57. The lowest BCUT2D eigenvalue weighted by atomic mass is 10.1. The largest absolute Gasteiger partial charge is 0.476 e. The molecule has 2 rings (SSSR count). The smallest absolute Gasteiger partial charge is 0.360 e. The number of alkyl halides is 1. The van der Waals surface area contributed by atoms with Crippen molar-refractivity contribution >= 4 is 52.9 Å². The van der Waals surface area contributed by atoms with Crippen molar-refractivity contribution in [1.29, 1.82) is 0 Å². The van der Waals surface area contributed by atoms with E-state index in [0.29, 0.717) is 0 Å². The number of hydrogen-bond acceptors (Lipinski definition) is 11. The van der Waals surface area contributed by atoms with E-state index < -0.39 is 41.9 Å². The van der Waals surface area contributed by atoms with Crippen LogP contribution in [0.5, 0.6) is 11.5 Å². The van der Waals surface area contributed by atoms with Crippen LogP contribution in [-0.2, 0) is 24.0 Å². The van der Waals surface area contributed by atoms with E-state index in [2.05, 4.69) is 15.5 Å². The zero-order valence-electron chi connectivity index (χ0n) is 17.1. The number of benzene rings is 1. The number of carboxylic acid groups (broad SMARTS) is 1. The number of carboxylic acids is 1. The van der Waals surface area contributed by atoms with E-state index in [1.54, 1.807) is 0 Å². The lowest BCUT2D eigenvalue weighted by molar-refractivity contribution is -0.134. The van der Waals surface area contributed by atoms with E-state index in [0.717, 1.165) is 26.2 Å². The van der Waals surface area contributed by atoms with Gasteiger partial charge in [-0.15, -0.1) is 11.6 Å². The second kappa shape index (κ2) is 11.4. The molecule has 13 nitrogen and oxygen atoms in total. The Bertz CT molecular complexity index is 1120. The first-order chi connectivity index (χ1) is 15.6. The molecule has 0 fully saturated rings. The van der Waals surface area contributed by atoms with E-state index in [1.165, 1.54) is 12.1 Å². The number of hydrogen-bond donors (Lipinski definition) is 2. The second-order valence-electron chi connectivity index (χ2n) is 6.01. The number of carbonyl (C=O) groups excluding carboxylic acids is 4. The van der Waals surface area contributed by atoms with Crippen LogP contribution in [0.4, 0.5) is 6.01 Å². The van der Waals surface area contributed by atoms with Gasteiger partial charge in [-0.2, -0.15) is 4.98 Å². The molecule has 1 heterocycles. The highest BCUT2D eigenvalue weighted by atomic mass is 35.5. The van der Waals surface area contributed by atoms with Crippen LogP contribution in [0.1, 0.15) is 29.9 Å². The minimum Gasteiger partial charge on any atom is -0.476 e. The zero-order valence-corrected chi connectivity index (χ0v) is 17.9. The first-order valence-electron chi connectivity index (χ1n) is 8.89. The van der Waals surface area contributed by atoms with Crippen LogP contribution in [0, 0.1) is 0 Å². The molecule has 33 heavy (non-hydrogen) atoms. The third kappa shape index (κ3) is 7.43. The molecule has 0 saturated heterocycles. The number of amides is 1. The molecule has 0 bridgehead atoms. The molecule has 174 valence electrons. The fraction of sp³-hybridized carbons (Fsp3) is 0.211. The first kappa shape index (κ1) is 25.0. The molecular weight excluding hydrogens is 466 g/mol. The highest BCUT2D eigenvalue weighted by molar-refractivity contribution is 6.41. The summed E-state index contributed by atoms with van der Waals surface area (Å²) in [5.74, 6) is -4.85. The third-order valence-electron chi connectivity index (χ3n) is 3.44. The lowest BCUT2D eigenvalue weighted by Gasteiger charge is -2.10. The number of aromatic nitrogens is 1. The quantitative estimate of drug-likeness (QED) is 0.125. The van der Waals surface area contributed by atoms with Crippen molar-refractivity contribution in [3.8, 4) is 11.5 Å². The average Bonchev–Trinajstić information content (AvgIpc) is 3.18. The number of ketones is 1. The molecule has 0 atom stereocenters. The van der Waals surface area contributed by atoms with Gasteiger partial charge in [0.1, 0.15) is 17.8 Å². The van der Waals surface area contributed by atoms with Gasteiger partial charge < -0.3 is 23.8 Å². The molecule has 1 aromatic carbocycles. The fourth-order valence-corrected chi connectivity index (χ4v) is 2.25. The van der Waals surface area contributed by atoms with Crippen molar-refractivity contribution in [2.45, 2.75) is 13.8 Å². The van der Waals surface area contributed by atoms with Gasteiger partial charge in [0.05, 0.1) is 0 Å². The maximum absolute atomic E-state index is 12.4. The number of aliphatic carboxylic acids is 1. The van der Waals surface area contributed by atoms with Crippen molar-refractivity contribution in [2.75, 3.05) is 17.8 Å². The monoisotopic (exact) mass is 481 g/mol. The summed E-state index contributed by atoms with van der Waals surface area (Å²) < 4.78 is 14.7. The van der Waals surface area contributed by atoms with Gasteiger partial charge in [-0.1, -0.05) is 5.16 Å². The molecule has 2 N–H and O–H groups in total. The molecule has 1 aromatic heterocycles. The molecule has 0 unspecified atom stereocenters. The number of Topliss-reactive ketones (excluding diaryl/α,β-unsaturated/α-hetero) is 1. The fourth-order valence-electron chi connectivity index (χ4n) is 2.18. The number of carbonyl (C=O) groups is 5. The molecule has 0 aliphatic heterocycles. The lowest BCUT2D eigenvalue weighted by Crippen LogP contribution is -2.17. The number of oxime groups is 1. The Morgan fingerprint density at radius 2 is 1.79 bits per heavy atom. The second-order valence-corrected chi connectivity index (χ2v) is 6.28. The summed E-state index contributed by atoms with van der Waals surface area (Å²) in [5.41, 5.74) is -0.992. The summed E-state index contributed by atoms with van der Waals surface area (Å²) in [6, 6.07) is 3.36. The molecular formula is C19H16ClN3O10. The highest BCUT2D eigenvalue weighted by Crippen LogP contribution is 2.29. The number of oxazole rings is 1. The number of halogens is 1. The third-order valence-corrected chi connectivity index (χ3v) is 3.68. The number of anilines is 1. The van der Waals surface area contributed by atoms with E-state index >= 15 is 0 Å². The Morgan fingerprint density at radius 1 is 1.12 bits per heavy atom. The SMILES string of the molecule is CC(=O)Oc1ccc(C(=O)CON=C(C(=O)O)c2coc(NC(=O)CCl)n2)cc1OC(C)=O. The van der Waals surface area contributed by atoms with E-state index in [-0.39, 0.29) is 34.7 Å². The van der Waals surface area contributed by atoms with Crippen molar-refractivity contribution in [3.05, 3.63) is 35.7 Å². The Hall–Kier alpha value is -4.26. The van der Waals surface area contributed by atoms with Gasteiger partial charge in [-0.05, 0) is 18.2 Å². The van der Waals surface area contributed by atoms with Crippen LogP contribution < -0.4 is 14.8 Å². The normalized spacial score (nSPS) is 10.8. The number of ether oxygens (including phenoxy) is 2. The van der Waals surface area contributed by atoms with Gasteiger partial charge in [0.2, 0.25) is 17.4 Å². The van der Waals surface area contributed by atoms with Crippen molar-refractivity contribution < 1.29 is 47.8 Å². The van der Waals surface area contributed by atoms with Gasteiger partial charge in [0.15, 0.2) is 18.1 Å². The Labute approximate surface area is 190 Å². The number of esters is 2. The molecule has 0 aliphatic rings. The van der Waals surface area contributed by atoms with E-state index in [9.17, 15) is 29.1 Å². The van der Waals surface area contributed by atoms with Crippen LogP contribution >= 0.6 is 11.6 Å². The van der Waals surface area contributed by atoms with Gasteiger partial charge in [-0.3, -0.25) is 24.5 Å². The molecule has 0 saturated carbocycles. The van der Waals surface area contributed by atoms with E-state index in [4.69, 9.17) is 30.3 Å². The molecule has 1 amide bonds. The first-order valence-corrected chi connectivity index (χ1v) is 9.43. The highest BCUT2D eigenvalue weighted by Gasteiger charge is 2.20. The Balaban J connectivity index is 2.14. The summed E-state index contributed by atoms with van der Waals surface area (Å²) >= 11 is 5.34.